The molecule has 14 heavy (non-hydrogen) atoms. The smallest absolute Gasteiger partial charge is 0.253 e. The molecule has 1 amide bonds. The Morgan fingerprint density at radius 2 is 1.93 bits per heavy atom. The second kappa shape index (κ2) is 4.56. The largest absolute Gasteiger partial charge is 0.335 e. The number of aryl methyl sites for hydroxylation is 1. The van der Waals surface area contributed by atoms with Crippen LogP contribution in [0.25, 0.3) is 0 Å². The van der Waals surface area contributed by atoms with E-state index in [0.29, 0.717) is 11.8 Å². The molecule has 0 spiro atoms. The first-order valence-electron chi connectivity index (χ1n) is 4.41. The van der Waals surface area contributed by atoms with E-state index < -0.39 is 0 Å². The molecule has 0 N–H and O–H groups in total. The molecule has 3 heteroatoms. The summed E-state index contributed by atoms with van der Waals surface area (Å²) in [5.41, 5.74) is 1.72. The van der Waals surface area contributed by atoms with Crippen LogP contribution in [0.15, 0.2) is 24.3 Å². The van der Waals surface area contributed by atoms with Crippen LogP contribution in [0.1, 0.15) is 15.9 Å². The van der Waals surface area contributed by atoms with Gasteiger partial charge in [-0.15, -0.1) is 0 Å². The van der Waals surface area contributed by atoms with Crippen LogP contribution in [0.2, 0.25) is 0 Å². The molecule has 0 fully saturated rings. The molecule has 0 heterocycles. The zero-order valence-corrected chi connectivity index (χ0v) is 8.36. The van der Waals surface area contributed by atoms with E-state index in [0.717, 1.165) is 5.56 Å². The molecule has 1 aromatic carbocycles. The van der Waals surface area contributed by atoms with Crippen LogP contribution < -0.4 is 0 Å². The Morgan fingerprint density at radius 3 is 2.43 bits per heavy atom. The number of hydrogen-bond donors (Lipinski definition) is 0. The molecule has 0 atom stereocenters. The zero-order chi connectivity index (χ0) is 10.6. The van der Waals surface area contributed by atoms with Gasteiger partial charge in [-0.05, 0) is 19.1 Å². The highest BCUT2D eigenvalue weighted by Crippen LogP contribution is 2.05. The number of rotatable bonds is 3. The summed E-state index contributed by atoms with van der Waals surface area (Å²) in [4.78, 5) is 23.2. The monoisotopic (exact) mass is 191 g/mol. The minimum Gasteiger partial charge on any atom is -0.335 e. The lowest BCUT2D eigenvalue weighted by Crippen LogP contribution is -2.28. The SMILES string of the molecule is Cc1ccc(C(=O)N(C)CC=O)cc1. The van der Waals surface area contributed by atoms with E-state index in [1.807, 2.05) is 19.1 Å². The van der Waals surface area contributed by atoms with E-state index in [4.69, 9.17) is 0 Å². The molecule has 1 rings (SSSR count). The lowest BCUT2D eigenvalue weighted by Gasteiger charge is -2.13. The molecule has 0 radical (unpaired) electrons. The van der Waals surface area contributed by atoms with Crippen molar-refractivity contribution in [3.05, 3.63) is 35.4 Å². The molecular formula is C11H13NO2. The molecule has 1 aromatic rings. The minimum atomic E-state index is -0.128. The molecule has 0 aliphatic carbocycles. The molecule has 3 nitrogen and oxygen atoms in total. The maximum absolute atomic E-state index is 11.6. The van der Waals surface area contributed by atoms with Gasteiger partial charge in [0, 0.05) is 12.6 Å². The van der Waals surface area contributed by atoms with Crippen LogP contribution in [0.3, 0.4) is 0 Å². The number of hydrogen-bond acceptors (Lipinski definition) is 2. The summed E-state index contributed by atoms with van der Waals surface area (Å²) in [5.74, 6) is -0.128. The van der Waals surface area contributed by atoms with Gasteiger partial charge in [0.05, 0.1) is 6.54 Å². The van der Waals surface area contributed by atoms with Crippen LogP contribution in [-0.4, -0.2) is 30.7 Å². The highest BCUT2D eigenvalue weighted by atomic mass is 16.2. The van der Waals surface area contributed by atoms with Crippen molar-refractivity contribution in [3.8, 4) is 0 Å². The van der Waals surface area contributed by atoms with Gasteiger partial charge in [-0.2, -0.15) is 0 Å². The maximum Gasteiger partial charge on any atom is 0.253 e. The molecule has 74 valence electrons. The van der Waals surface area contributed by atoms with Gasteiger partial charge in [0.1, 0.15) is 6.29 Å². The fourth-order valence-electron chi connectivity index (χ4n) is 1.11. The number of likely N-dealkylation sites (N-methyl/N-ethyl adjacent to an activating group) is 1. The summed E-state index contributed by atoms with van der Waals surface area (Å²) < 4.78 is 0. The lowest BCUT2D eigenvalue weighted by atomic mass is 10.1. The molecule has 0 aliphatic heterocycles. The molecule has 0 saturated heterocycles. The number of amides is 1. The number of nitrogens with zero attached hydrogens (tertiary/aromatic N) is 1. The zero-order valence-electron chi connectivity index (χ0n) is 8.36. The van der Waals surface area contributed by atoms with Crippen molar-refractivity contribution in [3.63, 3.8) is 0 Å². The second-order valence-electron chi connectivity index (χ2n) is 3.22. The third-order valence-corrected chi connectivity index (χ3v) is 1.99. The maximum atomic E-state index is 11.6. The van der Waals surface area contributed by atoms with Gasteiger partial charge >= 0.3 is 0 Å². The molecular weight excluding hydrogens is 178 g/mol. The van der Waals surface area contributed by atoms with E-state index >= 15 is 0 Å². The van der Waals surface area contributed by atoms with E-state index in [-0.39, 0.29) is 12.5 Å². The highest BCUT2D eigenvalue weighted by molar-refractivity contribution is 5.94. The van der Waals surface area contributed by atoms with E-state index in [2.05, 4.69) is 0 Å². The van der Waals surface area contributed by atoms with Crippen molar-refractivity contribution in [2.24, 2.45) is 0 Å². The fourth-order valence-corrected chi connectivity index (χ4v) is 1.11. The van der Waals surface area contributed by atoms with Crippen LogP contribution in [0.4, 0.5) is 0 Å². The average Bonchev–Trinajstić information content (AvgIpc) is 2.18. The third-order valence-electron chi connectivity index (χ3n) is 1.99. The molecule has 0 unspecified atom stereocenters. The normalized spacial score (nSPS) is 9.57. The first-order chi connectivity index (χ1) is 6.65. The van der Waals surface area contributed by atoms with Gasteiger partial charge in [-0.3, -0.25) is 4.79 Å². The average molecular weight is 191 g/mol. The Kier molecular flexibility index (Phi) is 3.40. The Bertz CT molecular complexity index is 330. The number of aldehydes is 1. The van der Waals surface area contributed by atoms with Crippen molar-refractivity contribution in [1.82, 2.24) is 4.90 Å². The van der Waals surface area contributed by atoms with E-state index in [1.54, 1.807) is 19.2 Å². The van der Waals surface area contributed by atoms with Crippen LogP contribution in [0.5, 0.6) is 0 Å². The first-order valence-corrected chi connectivity index (χ1v) is 4.41. The van der Waals surface area contributed by atoms with Crippen molar-refractivity contribution in [2.45, 2.75) is 6.92 Å². The van der Waals surface area contributed by atoms with Crippen molar-refractivity contribution >= 4 is 12.2 Å². The second-order valence-corrected chi connectivity index (χ2v) is 3.22. The van der Waals surface area contributed by atoms with Gasteiger partial charge in [0.15, 0.2) is 0 Å². The van der Waals surface area contributed by atoms with Gasteiger partial charge in [-0.1, -0.05) is 17.7 Å². The van der Waals surface area contributed by atoms with Crippen molar-refractivity contribution in [2.75, 3.05) is 13.6 Å². The predicted octanol–water partition coefficient (Wildman–Crippen LogP) is 1.27. The minimum absolute atomic E-state index is 0.128. The van der Waals surface area contributed by atoms with Gasteiger partial charge < -0.3 is 9.69 Å². The topological polar surface area (TPSA) is 37.4 Å². The molecule has 0 bridgehead atoms. The Hall–Kier alpha value is -1.64. The summed E-state index contributed by atoms with van der Waals surface area (Å²) in [6.07, 6.45) is 0.714. The summed E-state index contributed by atoms with van der Waals surface area (Å²) in [5, 5.41) is 0. The molecule has 0 aromatic heterocycles. The molecule has 0 saturated carbocycles. The number of carbonyl (C=O) groups excluding carboxylic acids is 2. The Labute approximate surface area is 83.3 Å². The summed E-state index contributed by atoms with van der Waals surface area (Å²) in [7, 11) is 1.61. The van der Waals surface area contributed by atoms with Crippen LogP contribution in [-0.2, 0) is 4.79 Å². The fraction of sp³-hybridized carbons (Fsp3) is 0.273. The highest BCUT2D eigenvalue weighted by Gasteiger charge is 2.09. The standard InChI is InChI=1S/C11H13NO2/c1-9-3-5-10(6-4-9)11(14)12(2)7-8-13/h3-6,8H,7H2,1-2H3. The Morgan fingerprint density at radius 1 is 1.36 bits per heavy atom. The lowest BCUT2D eigenvalue weighted by molar-refractivity contribution is -0.108. The number of benzene rings is 1. The quantitative estimate of drug-likeness (QED) is 0.674. The summed E-state index contributed by atoms with van der Waals surface area (Å²) in [6, 6.07) is 7.28. The third kappa shape index (κ3) is 2.42. The van der Waals surface area contributed by atoms with Crippen molar-refractivity contribution < 1.29 is 9.59 Å². The van der Waals surface area contributed by atoms with Gasteiger partial charge in [0.25, 0.3) is 5.91 Å². The Balaban J connectivity index is 2.78. The van der Waals surface area contributed by atoms with Crippen LogP contribution >= 0.6 is 0 Å². The van der Waals surface area contributed by atoms with E-state index in [1.165, 1.54) is 4.90 Å². The van der Waals surface area contributed by atoms with Crippen LogP contribution in [0, 0.1) is 6.92 Å². The van der Waals surface area contributed by atoms with E-state index in [9.17, 15) is 9.59 Å². The predicted molar refractivity (Wildman–Crippen MR) is 54.2 cm³/mol. The van der Waals surface area contributed by atoms with Gasteiger partial charge in [-0.25, -0.2) is 0 Å². The van der Waals surface area contributed by atoms with Crippen molar-refractivity contribution in [1.29, 1.82) is 0 Å². The number of carbonyl (C=O) groups is 2. The summed E-state index contributed by atoms with van der Waals surface area (Å²) in [6.45, 7) is 2.09. The first kappa shape index (κ1) is 10.4. The summed E-state index contributed by atoms with van der Waals surface area (Å²) >= 11 is 0. The van der Waals surface area contributed by atoms with Gasteiger partial charge in [0.2, 0.25) is 0 Å². The molecule has 0 aliphatic rings.